The van der Waals surface area contributed by atoms with E-state index in [-0.39, 0.29) is 57.7 Å². The van der Waals surface area contributed by atoms with Crippen LogP contribution in [0.25, 0.3) is 86.2 Å². The molecule has 15 heteroatoms. The van der Waals surface area contributed by atoms with Gasteiger partial charge in [-0.1, -0.05) is 334 Å². The van der Waals surface area contributed by atoms with Gasteiger partial charge in [0, 0.05) is 105 Å². The third-order valence-electron chi connectivity index (χ3n) is 24.9. The van der Waals surface area contributed by atoms with Gasteiger partial charge >= 0.3 is 0 Å². The lowest BCUT2D eigenvalue weighted by molar-refractivity contribution is 0.0846. The molecule has 0 saturated carbocycles. The van der Waals surface area contributed by atoms with E-state index in [1.165, 1.54) is 128 Å². The average Bonchev–Trinajstić information content (AvgIpc) is 0.706. The number of hydrogen-bond donors (Lipinski definition) is 7. The number of rotatable bonds is 58. The Morgan fingerprint density at radius 3 is 0.429 bits per heavy atom. The van der Waals surface area contributed by atoms with Crippen molar-refractivity contribution in [2.75, 3.05) is 39.3 Å². The number of carbonyl (C=O) groups is 8. The minimum absolute atomic E-state index is 0.0777. The van der Waals surface area contributed by atoms with Crippen molar-refractivity contribution in [3.05, 3.63) is 142 Å². The van der Waals surface area contributed by atoms with Crippen LogP contribution in [0.3, 0.4) is 0 Å². The normalized spacial score (nSPS) is 11.7. The Hall–Kier alpha value is -9.24. The van der Waals surface area contributed by atoms with E-state index in [1.54, 1.807) is 48.5 Å². The fraction of sp³-hybridized carbons (Fsp3) is 0.538. The fourth-order valence-corrected chi connectivity index (χ4v) is 18.2. The van der Waals surface area contributed by atoms with Gasteiger partial charge in [-0.05, 0) is 152 Å². The zero-order valence-electron chi connectivity index (χ0n) is 73.4. The van der Waals surface area contributed by atoms with Crippen LogP contribution in [0.15, 0.2) is 97.1 Å². The van der Waals surface area contributed by atoms with E-state index in [0.717, 1.165) is 176 Å². The summed E-state index contributed by atoms with van der Waals surface area (Å²) in [5.74, 6) is -3.35. The van der Waals surface area contributed by atoms with Gasteiger partial charge in [-0.15, -0.1) is 0 Å². The third kappa shape index (κ3) is 24.5. The second kappa shape index (κ2) is 49.5. The Bertz CT molecular complexity index is 4630. The molecule has 0 aliphatic carbocycles. The van der Waals surface area contributed by atoms with Gasteiger partial charge in [0.1, 0.15) is 0 Å². The van der Waals surface area contributed by atoms with Crippen molar-refractivity contribution in [1.82, 2.24) is 37.2 Å². The van der Waals surface area contributed by atoms with Crippen LogP contribution in [0.2, 0.25) is 0 Å². The Kier molecular flexibility index (Phi) is 38.3. The highest BCUT2D eigenvalue weighted by atomic mass is 16.2. The van der Waals surface area contributed by atoms with Gasteiger partial charge in [-0.3, -0.25) is 43.7 Å². The van der Waals surface area contributed by atoms with Crippen LogP contribution in [-0.4, -0.2) is 86.5 Å². The summed E-state index contributed by atoms with van der Waals surface area (Å²) in [7, 11) is 0. The highest BCUT2D eigenvalue weighted by Gasteiger charge is 2.31. The smallest absolute Gasteiger partial charge is 0.258 e. The van der Waals surface area contributed by atoms with E-state index in [4.69, 9.17) is 0 Å². The number of hydrogen-bond acceptors (Lipinski definition) is 8. The zero-order valence-corrected chi connectivity index (χ0v) is 73.4. The summed E-state index contributed by atoms with van der Waals surface area (Å²) in [6.45, 7) is 16.1. The number of amides is 8. The number of benzene rings is 10. The first-order chi connectivity index (χ1) is 58.3. The van der Waals surface area contributed by atoms with Crippen molar-refractivity contribution in [2.24, 2.45) is 0 Å². The van der Waals surface area contributed by atoms with E-state index in [9.17, 15) is 19.2 Å². The number of carbonyl (C=O) groups excluding carboxylic acids is 8. The Balaban J connectivity index is 1.07. The van der Waals surface area contributed by atoms with Crippen molar-refractivity contribution in [1.29, 1.82) is 0 Å². The van der Waals surface area contributed by atoms with Crippen LogP contribution in [0.1, 0.15) is 407 Å². The molecule has 119 heavy (non-hydrogen) atoms. The van der Waals surface area contributed by atoms with Crippen molar-refractivity contribution < 1.29 is 38.4 Å². The minimum Gasteiger partial charge on any atom is -0.352 e. The largest absolute Gasteiger partial charge is 0.352 e. The molecule has 10 aromatic rings. The topological polar surface area (TPSA) is 221 Å². The molecular weight excluding hydrogens is 1480 g/mol. The van der Waals surface area contributed by atoms with Crippen LogP contribution in [0.4, 0.5) is 0 Å². The average molecular weight is 1620 g/mol. The quantitative estimate of drug-likeness (QED) is 0.00839. The lowest BCUT2D eigenvalue weighted by Gasteiger charge is -2.21. The van der Waals surface area contributed by atoms with Crippen LogP contribution >= 0.6 is 0 Å². The second-order valence-electron chi connectivity index (χ2n) is 34.0. The van der Waals surface area contributed by atoms with Crippen molar-refractivity contribution >= 4 is 133 Å². The van der Waals surface area contributed by atoms with Gasteiger partial charge in [-0.25, -0.2) is 0 Å². The molecule has 8 amide bonds. The highest BCUT2D eigenvalue weighted by Crippen LogP contribution is 2.47. The number of fused-ring (bicyclic) bond motifs is 4. The molecule has 0 spiro atoms. The van der Waals surface area contributed by atoms with E-state index in [1.807, 2.05) is 48.5 Å². The number of imide groups is 1. The van der Waals surface area contributed by atoms with Crippen LogP contribution in [0, 0.1) is 0 Å². The van der Waals surface area contributed by atoms with Crippen LogP contribution in [0.5, 0.6) is 0 Å². The summed E-state index contributed by atoms with van der Waals surface area (Å²) in [6.07, 6.45) is 48.2. The summed E-state index contributed by atoms with van der Waals surface area (Å²) < 4.78 is 0. The van der Waals surface area contributed by atoms with Crippen molar-refractivity contribution in [3.8, 4) is 0 Å². The second-order valence-corrected chi connectivity index (χ2v) is 34.0. The maximum Gasteiger partial charge on any atom is 0.258 e. The van der Waals surface area contributed by atoms with Gasteiger partial charge < -0.3 is 31.9 Å². The molecule has 0 unspecified atom stereocenters. The standard InChI is InChI=1S/C104H141N7O8/c1-7-13-19-25-31-37-43-49-71-107-99(114)83-61-53-75-79-57-65-87(95-85(101(116)109-69-47-41-35-29-23-17-11-5)63-55-77(91(79)95)73-51-59-81(93(83)89(73)75)97(112)105-67-45-39-33-27-21-15-9-3)103(118)111-104(119)88-66-58-80-76-54-62-84(100(115)108-72-50-44-38-32-26-20-14-8-2)94-82(98(113)106-68-46-40-34-28-22-16-10-4)60-52-74(90(76)94)78-56-64-86(96(88)92(78)80)102(117)110-70-48-42-36-30-24-18-12-6/h51-66H,7-50,67-72H2,1-6H3,(H,105,112)(H,106,113)(H,107,114)(H,108,115)(H,109,116)(H,110,117)(H,111,118,119). The lowest BCUT2D eigenvalue weighted by atomic mass is 9.83. The summed E-state index contributed by atoms with van der Waals surface area (Å²) in [5.41, 5.74) is 2.19. The van der Waals surface area contributed by atoms with Gasteiger partial charge in [0.2, 0.25) is 0 Å². The first kappa shape index (κ1) is 92.1. The monoisotopic (exact) mass is 1620 g/mol. The van der Waals surface area contributed by atoms with E-state index >= 15 is 19.2 Å². The van der Waals surface area contributed by atoms with E-state index in [0.29, 0.717) is 126 Å². The van der Waals surface area contributed by atoms with Gasteiger partial charge in [0.15, 0.2) is 0 Å². The van der Waals surface area contributed by atoms with Crippen molar-refractivity contribution in [2.45, 2.75) is 324 Å². The Morgan fingerprint density at radius 1 is 0.160 bits per heavy atom. The summed E-state index contributed by atoms with van der Waals surface area (Å²) in [4.78, 5) is 121. The number of nitrogens with one attached hydrogen (secondary N) is 7. The first-order valence-electron chi connectivity index (χ1n) is 47.3. The zero-order chi connectivity index (χ0) is 84.1. The lowest BCUT2D eigenvalue weighted by Crippen LogP contribution is -2.32. The van der Waals surface area contributed by atoms with E-state index in [2.05, 4.69) is 78.8 Å². The van der Waals surface area contributed by atoms with Gasteiger partial charge in [-0.2, -0.15) is 0 Å². The third-order valence-corrected chi connectivity index (χ3v) is 24.9. The molecule has 0 atom stereocenters. The van der Waals surface area contributed by atoms with Gasteiger partial charge in [0.05, 0.1) is 0 Å². The predicted molar refractivity (Wildman–Crippen MR) is 498 cm³/mol. The Labute approximate surface area is 709 Å². The van der Waals surface area contributed by atoms with Gasteiger partial charge in [0.25, 0.3) is 47.3 Å². The molecule has 7 N–H and O–H groups in total. The Morgan fingerprint density at radius 2 is 0.286 bits per heavy atom. The summed E-state index contributed by atoms with van der Waals surface area (Å²) >= 11 is 0. The van der Waals surface area contributed by atoms with Crippen LogP contribution < -0.4 is 37.2 Å². The summed E-state index contributed by atoms with van der Waals surface area (Å²) in [5, 5.41) is 32.2. The molecular formula is C104H141N7O8. The SMILES string of the molecule is CCCCCCCCCCNC(=O)c1ccc2c3ccc(C(=O)NC(=O)c4ccc5c6ccc(C(=O)NCCCCCCCCCC)c7c(C(=O)NCCCCCCCCC)ccc(c8ccc(C(=O)NCCCCCCCCC)c4c85)c76)c4c(C(=O)NCCCCCCCCC)ccc(c5ccc(C(=O)NCCCCCCCCC)c1c52)c43. The molecule has 0 aliphatic rings. The van der Waals surface area contributed by atoms with Crippen LogP contribution in [-0.2, 0) is 0 Å². The summed E-state index contributed by atoms with van der Waals surface area (Å²) in [6, 6.07) is 29.3. The molecule has 0 fully saturated rings. The molecule has 640 valence electrons. The maximum absolute atomic E-state index is 15.9. The minimum atomic E-state index is -0.765. The van der Waals surface area contributed by atoms with E-state index < -0.39 is 11.8 Å². The molecule has 0 saturated heterocycles. The first-order valence-corrected chi connectivity index (χ1v) is 47.3. The molecule has 0 bridgehead atoms. The molecule has 10 rings (SSSR count). The molecule has 0 aliphatic heterocycles. The molecule has 0 radical (unpaired) electrons. The highest BCUT2D eigenvalue weighted by molar-refractivity contribution is 6.41. The molecule has 0 aromatic heterocycles. The number of unbranched alkanes of at least 4 members (excludes halogenated alkanes) is 38. The predicted octanol–water partition coefficient (Wildman–Crippen LogP) is 26.0. The molecule has 15 nitrogen and oxygen atoms in total. The maximum atomic E-state index is 15.9. The van der Waals surface area contributed by atoms with Crippen molar-refractivity contribution in [3.63, 3.8) is 0 Å². The fourth-order valence-electron chi connectivity index (χ4n) is 18.2. The molecule has 0 heterocycles. The molecule has 10 aromatic carbocycles.